The Balaban J connectivity index is 1.58. The summed E-state index contributed by atoms with van der Waals surface area (Å²) in [6.45, 7) is 4.08. The summed E-state index contributed by atoms with van der Waals surface area (Å²) in [5.41, 5.74) is 4.87. The van der Waals surface area contributed by atoms with Crippen molar-refractivity contribution in [3.05, 3.63) is 48.0 Å². The number of benzene rings is 2. The molecule has 0 saturated carbocycles. The lowest BCUT2D eigenvalue weighted by molar-refractivity contribution is -0.118. The number of carbonyl (C=O) groups excluding carboxylic acids is 1. The number of thiazole rings is 1. The van der Waals surface area contributed by atoms with Gasteiger partial charge in [0, 0.05) is 5.56 Å². The normalized spacial score (nSPS) is 11.6. The lowest BCUT2D eigenvalue weighted by atomic mass is 10.1. The number of hydrazone groups is 1. The number of para-hydroxylation sites is 1. The second kappa shape index (κ2) is 8.88. The van der Waals surface area contributed by atoms with Gasteiger partial charge in [0.15, 0.2) is 15.8 Å². The lowest BCUT2D eigenvalue weighted by Crippen LogP contribution is -2.21. The van der Waals surface area contributed by atoms with Gasteiger partial charge in [0.25, 0.3) is 5.91 Å². The molecule has 0 spiro atoms. The molecular formula is C19H19N3O3S2. The van der Waals surface area contributed by atoms with Crippen LogP contribution < -0.4 is 10.2 Å². The first-order chi connectivity index (χ1) is 13.1. The highest BCUT2D eigenvalue weighted by atomic mass is 32.2. The number of nitrogens with one attached hydrogen (secondary N) is 1. The van der Waals surface area contributed by atoms with Crippen molar-refractivity contribution in [1.29, 1.82) is 0 Å². The number of aromatic nitrogens is 1. The molecule has 2 N–H and O–H groups in total. The molecule has 0 unspecified atom stereocenters. The zero-order valence-electron chi connectivity index (χ0n) is 14.9. The van der Waals surface area contributed by atoms with E-state index in [1.807, 2.05) is 31.2 Å². The van der Waals surface area contributed by atoms with Crippen molar-refractivity contribution in [2.45, 2.75) is 18.2 Å². The quantitative estimate of drug-likeness (QED) is 0.355. The van der Waals surface area contributed by atoms with Crippen molar-refractivity contribution >= 4 is 44.9 Å². The van der Waals surface area contributed by atoms with E-state index in [1.54, 1.807) is 36.5 Å². The first-order valence-electron chi connectivity index (χ1n) is 8.34. The Bertz CT molecular complexity index is 952. The third-order valence-corrected chi connectivity index (χ3v) is 5.81. The molecule has 1 heterocycles. The van der Waals surface area contributed by atoms with Crippen molar-refractivity contribution in [3.63, 3.8) is 0 Å². The molecule has 3 rings (SSSR count). The molecule has 27 heavy (non-hydrogen) atoms. The maximum atomic E-state index is 12.1. The number of phenols is 1. The van der Waals surface area contributed by atoms with Crippen LogP contribution in [-0.2, 0) is 4.79 Å². The van der Waals surface area contributed by atoms with Gasteiger partial charge in [0.05, 0.1) is 28.3 Å². The fourth-order valence-corrected chi connectivity index (χ4v) is 4.15. The molecule has 0 radical (unpaired) electrons. The Kier molecular flexibility index (Phi) is 6.31. The van der Waals surface area contributed by atoms with E-state index in [9.17, 15) is 9.90 Å². The smallest absolute Gasteiger partial charge is 0.250 e. The van der Waals surface area contributed by atoms with Crippen molar-refractivity contribution < 1.29 is 14.6 Å². The summed E-state index contributed by atoms with van der Waals surface area (Å²) in [5, 5.41) is 13.9. The predicted molar refractivity (Wildman–Crippen MR) is 110 cm³/mol. The second-order valence-electron chi connectivity index (χ2n) is 5.58. The molecule has 0 saturated heterocycles. The summed E-state index contributed by atoms with van der Waals surface area (Å²) in [7, 11) is 0. The summed E-state index contributed by atoms with van der Waals surface area (Å²) in [6.07, 6.45) is 0. The number of hydrogen-bond acceptors (Lipinski definition) is 7. The summed E-state index contributed by atoms with van der Waals surface area (Å²) >= 11 is 2.95. The molecule has 0 fully saturated rings. The molecule has 0 aliphatic heterocycles. The number of fused-ring (bicyclic) bond motifs is 1. The lowest BCUT2D eigenvalue weighted by Gasteiger charge is -2.08. The van der Waals surface area contributed by atoms with Crippen LogP contribution in [0, 0.1) is 0 Å². The second-order valence-corrected chi connectivity index (χ2v) is 7.84. The van der Waals surface area contributed by atoms with Gasteiger partial charge in [-0.2, -0.15) is 5.10 Å². The van der Waals surface area contributed by atoms with Gasteiger partial charge in [-0.25, -0.2) is 10.4 Å². The number of phenolic OH excluding ortho intramolecular Hbond substituents is 1. The zero-order valence-corrected chi connectivity index (χ0v) is 16.6. The molecule has 2 aromatic carbocycles. The highest BCUT2D eigenvalue weighted by Crippen LogP contribution is 2.29. The molecule has 6 nitrogen and oxygen atoms in total. The maximum Gasteiger partial charge on any atom is 0.250 e. The number of hydrogen-bond donors (Lipinski definition) is 2. The number of amides is 1. The number of rotatable bonds is 7. The van der Waals surface area contributed by atoms with Crippen LogP contribution in [0.5, 0.6) is 11.5 Å². The van der Waals surface area contributed by atoms with Gasteiger partial charge in [-0.1, -0.05) is 23.9 Å². The van der Waals surface area contributed by atoms with E-state index in [1.165, 1.54) is 11.8 Å². The van der Waals surface area contributed by atoms with Crippen LogP contribution in [-0.4, -0.2) is 34.1 Å². The summed E-state index contributed by atoms with van der Waals surface area (Å²) in [5.74, 6) is 0.491. The van der Waals surface area contributed by atoms with Crippen LogP contribution in [0.4, 0.5) is 0 Å². The minimum absolute atomic E-state index is 0.0738. The van der Waals surface area contributed by atoms with Gasteiger partial charge in [-0.05, 0) is 44.2 Å². The van der Waals surface area contributed by atoms with Gasteiger partial charge in [0.1, 0.15) is 0 Å². The molecule has 1 amide bonds. The minimum Gasteiger partial charge on any atom is -0.504 e. The monoisotopic (exact) mass is 401 g/mol. The van der Waals surface area contributed by atoms with E-state index in [0.717, 1.165) is 20.1 Å². The third-order valence-electron chi connectivity index (χ3n) is 3.63. The van der Waals surface area contributed by atoms with Gasteiger partial charge in [-0.3, -0.25) is 4.79 Å². The summed E-state index contributed by atoms with van der Waals surface area (Å²) in [6, 6.07) is 12.8. The number of carbonyl (C=O) groups is 1. The minimum atomic E-state index is -0.206. The van der Waals surface area contributed by atoms with E-state index < -0.39 is 0 Å². The maximum absolute atomic E-state index is 12.1. The van der Waals surface area contributed by atoms with Crippen molar-refractivity contribution in [2.24, 2.45) is 5.10 Å². The summed E-state index contributed by atoms with van der Waals surface area (Å²) in [4.78, 5) is 16.6. The molecule has 140 valence electrons. The molecule has 0 atom stereocenters. The first-order valence-corrected chi connectivity index (χ1v) is 10.1. The standard InChI is InChI=1S/C19H19N3O3S2/c1-3-25-16-10-13(8-9-15(16)23)12(2)21-22-18(24)11-26-19-20-14-6-4-5-7-17(14)27-19/h4-10,23H,3,11H2,1-2H3,(H,22,24)/b21-12+. The van der Waals surface area contributed by atoms with E-state index in [4.69, 9.17) is 4.74 Å². The molecule has 0 bridgehead atoms. The van der Waals surface area contributed by atoms with Crippen LogP contribution >= 0.6 is 23.1 Å². The number of thioether (sulfide) groups is 1. The molecular weight excluding hydrogens is 382 g/mol. The number of nitrogens with zero attached hydrogens (tertiary/aromatic N) is 2. The van der Waals surface area contributed by atoms with E-state index in [0.29, 0.717) is 18.1 Å². The van der Waals surface area contributed by atoms with Crippen molar-refractivity contribution in [1.82, 2.24) is 10.4 Å². The third kappa shape index (κ3) is 4.99. The van der Waals surface area contributed by atoms with Gasteiger partial charge >= 0.3 is 0 Å². The zero-order chi connectivity index (χ0) is 19.2. The molecule has 3 aromatic rings. The topological polar surface area (TPSA) is 83.8 Å². The van der Waals surface area contributed by atoms with Crippen LogP contribution in [0.3, 0.4) is 0 Å². The van der Waals surface area contributed by atoms with Crippen LogP contribution in [0.1, 0.15) is 19.4 Å². The SMILES string of the molecule is CCOc1cc(/C(C)=N/NC(=O)CSc2nc3ccccc3s2)ccc1O. The molecule has 0 aliphatic carbocycles. The van der Waals surface area contributed by atoms with Crippen molar-refractivity contribution in [3.8, 4) is 11.5 Å². The van der Waals surface area contributed by atoms with Gasteiger partial charge < -0.3 is 9.84 Å². The van der Waals surface area contributed by atoms with E-state index in [2.05, 4.69) is 15.5 Å². The van der Waals surface area contributed by atoms with Crippen LogP contribution in [0.2, 0.25) is 0 Å². The average molecular weight is 402 g/mol. The van der Waals surface area contributed by atoms with Crippen LogP contribution in [0.15, 0.2) is 51.9 Å². The largest absolute Gasteiger partial charge is 0.504 e. The Morgan fingerprint density at radius 3 is 2.93 bits per heavy atom. The van der Waals surface area contributed by atoms with E-state index in [-0.39, 0.29) is 17.4 Å². The fraction of sp³-hybridized carbons (Fsp3) is 0.211. The highest BCUT2D eigenvalue weighted by Gasteiger charge is 2.09. The molecule has 8 heteroatoms. The average Bonchev–Trinajstić information content (AvgIpc) is 3.09. The number of ether oxygens (including phenoxy) is 1. The number of aromatic hydroxyl groups is 1. The Morgan fingerprint density at radius 2 is 2.15 bits per heavy atom. The first kappa shape index (κ1) is 19.2. The predicted octanol–water partition coefficient (Wildman–Crippen LogP) is 4.03. The van der Waals surface area contributed by atoms with Crippen molar-refractivity contribution in [2.75, 3.05) is 12.4 Å². The summed E-state index contributed by atoms with van der Waals surface area (Å²) < 4.78 is 7.32. The molecule has 1 aromatic heterocycles. The Labute approximate surface area is 165 Å². The Morgan fingerprint density at radius 1 is 1.33 bits per heavy atom. The van der Waals surface area contributed by atoms with Gasteiger partial charge in [0.2, 0.25) is 0 Å². The fourth-order valence-electron chi connectivity index (χ4n) is 2.29. The van der Waals surface area contributed by atoms with E-state index >= 15 is 0 Å². The van der Waals surface area contributed by atoms with Crippen LogP contribution in [0.25, 0.3) is 10.2 Å². The Hall–Kier alpha value is -2.58. The molecule has 0 aliphatic rings. The highest BCUT2D eigenvalue weighted by molar-refractivity contribution is 8.01. The van der Waals surface area contributed by atoms with Gasteiger partial charge in [-0.15, -0.1) is 11.3 Å².